The van der Waals surface area contributed by atoms with E-state index < -0.39 is 0 Å². The quantitative estimate of drug-likeness (QED) is 0.683. The van der Waals surface area contributed by atoms with Gasteiger partial charge in [0.05, 0.1) is 6.04 Å². The molecule has 2 N–H and O–H groups in total. The summed E-state index contributed by atoms with van der Waals surface area (Å²) in [4.78, 5) is 13.2. The lowest BCUT2D eigenvalue weighted by atomic mass is 10.0. The second-order valence-electron chi connectivity index (χ2n) is 3.53. The van der Waals surface area contributed by atoms with E-state index in [1.54, 1.807) is 11.9 Å². The first-order valence-electron chi connectivity index (χ1n) is 4.51. The number of likely N-dealkylation sites (N-methyl/N-ethyl adjacent to an activating group) is 1. The average Bonchev–Trinajstić information content (AvgIpc) is 2.02. The molecule has 0 aliphatic rings. The third-order valence-corrected chi connectivity index (χ3v) is 1.94. The highest BCUT2D eigenvalue weighted by Gasteiger charge is 2.19. The normalized spacial score (nSPS) is 13.2. The molecular weight excluding hydrogens is 152 g/mol. The van der Waals surface area contributed by atoms with Crippen LogP contribution in [-0.2, 0) is 4.79 Å². The zero-order valence-electron chi connectivity index (χ0n) is 8.50. The van der Waals surface area contributed by atoms with E-state index in [9.17, 15) is 4.79 Å². The number of amides is 1. The Balaban J connectivity index is 4.00. The van der Waals surface area contributed by atoms with Crippen molar-refractivity contribution in [3.05, 3.63) is 0 Å². The molecule has 72 valence electrons. The predicted molar refractivity (Wildman–Crippen MR) is 50.7 cm³/mol. The first-order chi connectivity index (χ1) is 5.50. The van der Waals surface area contributed by atoms with Crippen LogP contribution in [0.1, 0.15) is 27.2 Å². The number of carbonyl (C=O) groups is 1. The van der Waals surface area contributed by atoms with Crippen LogP contribution in [0.2, 0.25) is 0 Å². The Hall–Kier alpha value is -0.570. The van der Waals surface area contributed by atoms with E-state index in [1.165, 1.54) is 0 Å². The Morgan fingerprint density at radius 2 is 2.00 bits per heavy atom. The zero-order chi connectivity index (χ0) is 9.72. The fraction of sp³-hybridized carbons (Fsp3) is 0.889. The van der Waals surface area contributed by atoms with E-state index in [4.69, 9.17) is 5.73 Å². The first-order valence-corrected chi connectivity index (χ1v) is 4.51. The van der Waals surface area contributed by atoms with Crippen LogP contribution in [0, 0.1) is 5.92 Å². The maximum Gasteiger partial charge on any atom is 0.239 e. The van der Waals surface area contributed by atoms with E-state index in [1.807, 2.05) is 20.8 Å². The summed E-state index contributed by atoms with van der Waals surface area (Å²) in [5.41, 5.74) is 5.70. The molecule has 12 heavy (non-hydrogen) atoms. The van der Waals surface area contributed by atoms with E-state index >= 15 is 0 Å². The van der Waals surface area contributed by atoms with Gasteiger partial charge >= 0.3 is 0 Å². The SMILES string of the molecule is CCCN(C)C(=O)C(N)C(C)C. The van der Waals surface area contributed by atoms with Crippen LogP contribution < -0.4 is 5.73 Å². The molecule has 0 aromatic heterocycles. The number of nitrogens with two attached hydrogens (primary N) is 1. The summed E-state index contributed by atoms with van der Waals surface area (Å²) in [5.74, 6) is 0.267. The second kappa shape index (κ2) is 5.14. The lowest BCUT2D eigenvalue weighted by Crippen LogP contribution is -2.45. The number of nitrogens with zero attached hydrogens (tertiary/aromatic N) is 1. The Labute approximate surface area is 74.9 Å². The van der Waals surface area contributed by atoms with Gasteiger partial charge in [-0.2, -0.15) is 0 Å². The number of hydrogen-bond donors (Lipinski definition) is 1. The van der Waals surface area contributed by atoms with Crippen molar-refractivity contribution in [2.45, 2.75) is 33.2 Å². The third-order valence-electron chi connectivity index (χ3n) is 1.94. The van der Waals surface area contributed by atoms with Crippen LogP contribution >= 0.6 is 0 Å². The van der Waals surface area contributed by atoms with E-state index in [2.05, 4.69) is 0 Å². The highest BCUT2D eigenvalue weighted by Crippen LogP contribution is 2.02. The van der Waals surface area contributed by atoms with Crippen molar-refractivity contribution in [2.24, 2.45) is 11.7 Å². The van der Waals surface area contributed by atoms with Crippen molar-refractivity contribution in [3.63, 3.8) is 0 Å². The number of carbonyl (C=O) groups excluding carboxylic acids is 1. The Morgan fingerprint density at radius 1 is 1.50 bits per heavy atom. The summed E-state index contributed by atoms with van der Waals surface area (Å²) >= 11 is 0. The Kier molecular flexibility index (Phi) is 4.90. The molecular formula is C9H20N2O. The van der Waals surface area contributed by atoms with Crippen molar-refractivity contribution >= 4 is 5.91 Å². The molecule has 1 atom stereocenters. The van der Waals surface area contributed by atoms with Crippen LogP contribution in [0.5, 0.6) is 0 Å². The Morgan fingerprint density at radius 3 is 2.33 bits per heavy atom. The van der Waals surface area contributed by atoms with Gasteiger partial charge in [0.2, 0.25) is 5.91 Å². The van der Waals surface area contributed by atoms with Crippen LogP contribution in [0.15, 0.2) is 0 Å². The molecule has 3 nitrogen and oxygen atoms in total. The minimum absolute atomic E-state index is 0.0480. The molecule has 0 fully saturated rings. The van der Waals surface area contributed by atoms with Crippen LogP contribution in [-0.4, -0.2) is 30.4 Å². The molecule has 0 aromatic carbocycles. The maximum absolute atomic E-state index is 11.5. The average molecular weight is 172 g/mol. The maximum atomic E-state index is 11.5. The highest BCUT2D eigenvalue weighted by molar-refractivity contribution is 5.81. The fourth-order valence-electron chi connectivity index (χ4n) is 0.985. The van der Waals surface area contributed by atoms with Gasteiger partial charge in [-0.1, -0.05) is 20.8 Å². The molecule has 0 bridgehead atoms. The van der Waals surface area contributed by atoms with Crippen molar-refractivity contribution in [2.75, 3.05) is 13.6 Å². The summed E-state index contributed by atoms with van der Waals surface area (Å²) in [6.07, 6.45) is 0.979. The van der Waals surface area contributed by atoms with E-state index in [-0.39, 0.29) is 17.9 Å². The largest absolute Gasteiger partial charge is 0.344 e. The van der Waals surface area contributed by atoms with E-state index in [0.717, 1.165) is 13.0 Å². The van der Waals surface area contributed by atoms with Crippen molar-refractivity contribution in [1.29, 1.82) is 0 Å². The van der Waals surface area contributed by atoms with Gasteiger partial charge < -0.3 is 10.6 Å². The molecule has 1 amide bonds. The minimum atomic E-state index is -0.346. The highest BCUT2D eigenvalue weighted by atomic mass is 16.2. The molecule has 0 heterocycles. The molecule has 0 aromatic rings. The number of rotatable bonds is 4. The lowest BCUT2D eigenvalue weighted by molar-refractivity contribution is -0.132. The first kappa shape index (κ1) is 11.4. The summed E-state index contributed by atoms with van der Waals surface area (Å²) in [7, 11) is 1.80. The van der Waals surface area contributed by atoms with Gasteiger partial charge in [-0.15, -0.1) is 0 Å². The smallest absolute Gasteiger partial charge is 0.239 e. The summed E-state index contributed by atoms with van der Waals surface area (Å²) in [6.45, 7) is 6.76. The third kappa shape index (κ3) is 3.22. The van der Waals surface area contributed by atoms with E-state index in [0.29, 0.717) is 0 Å². The van der Waals surface area contributed by atoms with Crippen molar-refractivity contribution < 1.29 is 4.79 Å². The minimum Gasteiger partial charge on any atom is -0.344 e. The zero-order valence-corrected chi connectivity index (χ0v) is 8.50. The molecule has 1 unspecified atom stereocenters. The van der Waals surface area contributed by atoms with Gasteiger partial charge in [-0.25, -0.2) is 0 Å². The molecule has 0 saturated carbocycles. The molecule has 0 aliphatic carbocycles. The molecule has 0 saturated heterocycles. The van der Waals surface area contributed by atoms with Gasteiger partial charge in [0.15, 0.2) is 0 Å². The van der Waals surface area contributed by atoms with Gasteiger partial charge in [0.1, 0.15) is 0 Å². The molecule has 0 aliphatic heterocycles. The topological polar surface area (TPSA) is 46.3 Å². The van der Waals surface area contributed by atoms with Crippen molar-refractivity contribution in [3.8, 4) is 0 Å². The Bertz CT molecular complexity index is 145. The second-order valence-corrected chi connectivity index (χ2v) is 3.53. The predicted octanol–water partition coefficient (Wildman–Crippen LogP) is 0.838. The summed E-state index contributed by atoms with van der Waals surface area (Å²) < 4.78 is 0. The molecule has 0 spiro atoms. The molecule has 0 radical (unpaired) electrons. The van der Waals surface area contributed by atoms with Gasteiger partial charge in [0.25, 0.3) is 0 Å². The van der Waals surface area contributed by atoms with Gasteiger partial charge in [0, 0.05) is 13.6 Å². The number of hydrogen-bond acceptors (Lipinski definition) is 2. The summed E-state index contributed by atoms with van der Waals surface area (Å²) in [5, 5.41) is 0. The summed E-state index contributed by atoms with van der Waals surface area (Å²) in [6, 6.07) is -0.346. The van der Waals surface area contributed by atoms with Gasteiger partial charge in [-0.05, 0) is 12.3 Å². The van der Waals surface area contributed by atoms with Crippen LogP contribution in [0.3, 0.4) is 0 Å². The lowest BCUT2D eigenvalue weighted by Gasteiger charge is -2.22. The monoisotopic (exact) mass is 172 g/mol. The van der Waals surface area contributed by atoms with Crippen LogP contribution in [0.25, 0.3) is 0 Å². The standard InChI is InChI=1S/C9H20N2O/c1-5-6-11(4)9(12)8(10)7(2)3/h7-8H,5-6,10H2,1-4H3. The molecule has 3 heteroatoms. The fourth-order valence-corrected chi connectivity index (χ4v) is 0.985. The van der Waals surface area contributed by atoms with Gasteiger partial charge in [-0.3, -0.25) is 4.79 Å². The van der Waals surface area contributed by atoms with Crippen LogP contribution in [0.4, 0.5) is 0 Å². The molecule has 0 rings (SSSR count). The van der Waals surface area contributed by atoms with Crippen molar-refractivity contribution in [1.82, 2.24) is 4.90 Å².